The van der Waals surface area contributed by atoms with Gasteiger partial charge in [-0.05, 0) is 19.3 Å². The van der Waals surface area contributed by atoms with Crippen molar-refractivity contribution in [2.45, 2.75) is 92.1 Å². The van der Waals surface area contributed by atoms with Crippen LogP contribution in [0, 0.1) is 11.3 Å². The summed E-state index contributed by atoms with van der Waals surface area (Å²) in [6.45, 7) is 12.7. The fourth-order valence-electron chi connectivity index (χ4n) is 2.71. The van der Waals surface area contributed by atoms with Gasteiger partial charge in [0, 0.05) is 5.41 Å². The van der Waals surface area contributed by atoms with Gasteiger partial charge >= 0.3 is 6.09 Å². The van der Waals surface area contributed by atoms with Crippen LogP contribution in [0.3, 0.4) is 0 Å². The van der Waals surface area contributed by atoms with E-state index in [0.717, 1.165) is 6.42 Å². The van der Waals surface area contributed by atoms with Crippen LogP contribution < -0.4 is 5.73 Å². The number of ether oxygens (including phenoxy) is 1. The molecule has 0 fully saturated rings. The number of hydrogen-bond donors (Lipinski definition) is 1. The molecule has 0 saturated carbocycles. The van der Waals surface area contributed by atoms with Crippen molar-refractivity contribution in [2.24, 2.45) is 17.1 Å². The van der Waals surface area contributed by atoms with Gasteiger partial charge in [0.15, 0.2) is 0 Å². The molecule has 0 aliphatic heterocycles. The fourth-order valence-corrected chi connectivity index (χ4v) is 2.71. The molecule has 0 spiro atoms. The second-order valence-corrected chi connectivity index (χ2v) is 7.24. The van der Waals surface area contributed by atoms with Gasteiger partial charge in [0.05, 0.1) is 0 Å². The quantitative estimate of drug-likeness (QED) is 0.586. The first-order valence-electron chi connectivity index (χ1n) is 8.13. The van der Waals surface area contributed by atoms with E-state index in [0.29, 0.717) is 5.92 Å². The molecule has 0 aliphatic rings. The highest BCUT2D eigenvalue weighted by Crippen LogP contribution is 2.41. The molecular weight excluding hydrogens is 250 g/mol. The first-order chi connectivity index (χ1) is 9.15. The van der Waals surface area contributed by atoms with E-state index in [9.17, 15) is 4.79 Å². The summed E-state index contributed by atoms with van der Waals surface area (Å²) in [4.78, 5) is 11.2. The molecule has 2 atom stereocenters. The zero-order chi connectivity index (χ0) is 15.8. The molecule has 0 aliphatic carbocycles. The highest BCUT2D eigenvalue weighted by atomic mass is 16.6. The lowest BCUT2D eigenvalue weighted by molar-refractivity contribution is -0.0909. The predicted molar refractivity (Wildman–Crippen MR) is 85.7 cm³/mol. The summed E-state index contributed by atoms with van der Waals surface area (Å²) >= 11 is 0. The van der Waals surface area contributed by atoms with Gasteiger partial charge in [-0.25, -0.2) is 4.79 Å². The first-order valence-corrected chi connectivity index (χ1v) is 8.13. The molecule has 0 heterocycles. The van der Waals surface area contributed by atoms with E-state index in [-0.39, 0.29) is 5.41 Å². The smallest absolute Gasteiger partial charge is 0.405 e. The summed E-state index contributed by atoms with van der Waals surface area (Å²) in [5.74, 6) is 0.307. The third-order valence-corrected chi connectivity index (χ3v) is 4.73. The molecule has 0 radical (unpaired) electrons. The van der Waals surface area contributed by atoms with Gasteiger partial charge in [-0.1, -0.05) is 73.1 Å². The Hall–Kier alpha value is -0.730. The molecule has 0 aromatic carbocycles. The van der Waals surface area contributed by atoms with E-state index in [2.05, 4.69) is 34.6 Å². The lowest BCUT2D eigenvalue weighted by atomic mass is 9.69. The minimum atomic E-state index is -0.669. The van der Waals surface area contributed by atoms with Crippen LogP contribution in [0.1, 0.15) is 86.5 Å². The van der Waals surface area contributed by atoms with Crippen molar-refractivity contribution in [1.82, 2.24) is 0 Å². The van der Waals surface area contributed by atoms with Gasteiger partial charge in [-0.3, -0.25) is 0 Å². The van der Waals surface area contributed by atoms with Crippen molar-refractivity contribution in [3.05, 3.63) is 0 Å². The van der Waals surface area contributed by atoms with Crippen LogP contribution in [0.25, 0.3) is 0 Å². The van der Waals surface area contributed by atoms with Crippen molar-refractivity contribution in [3.63, 3.8) is 0 Å². The zero-order valence-corrected chi connectivity index (χ0v) is 14.4. The van der Waals surface area contributed by atoms with Crippen LogP contribution >= 0.6 is 0 Å². The highest BCUT2D eigenvalue weighted by Gasteiger charge is 2.45. The summed E-state index contributed by atoms with van der Waals surface area (Å²) in [7, 11) is 0. The Morgan fingerprint density at radius 1 is 1.05 bits per heavy atom. The van der Waals surface area contributed by atoms with Crippen LogP contribution in [0.15, 0.2) is 0 Å². The highest BCUT2D eigenvalue weighted by molar-refractivity contribution is 5.65. The van der Waals surface area contributed by atoms with Crippen molar-refractivity contribution >= 4 is 6.09 Å². The maximum absolute atomic E-state index is 11.2. The molecule has 2 N–H and O–H groups in total. The second kappa shape index (κ2) is 8.53. The average molecular weight is 285 g/mol. The molecule has 0 aromatic heterocycles. The third kappa shape index (κ3) is 6.15. The molecule has 2 unspecified atom stereocenters. The predicted octanol–water partition coefficient (Wildman–Crippen LogP) is 5.27. The van der Waals surface area contributed by atoms with Crippen molar-refractivity contribution in [3.8, 4) is 0 Å². The number of amides is 1. The van der Waals surface area contributed by atoms with Gasteiger partial charge < -0.3 is 10.5 Å². The van der Waals surface area contributed by atoms with E-state index in [1.54, 1.807) is 0 Å². The molecule has 0 bridgehead atoms. The molecule has 120 valence electrons. The maximum Gasteiger partial charge on any atom is 0.405 e. The standard InChI is InChI=1S/C17H35NO2/c1-7-8-9-10-11-12-13-14(2)17(6,16(3,4)5)20-15(18)19/h14H,7-13H2,1-6H3,(H2,18,19). The Morgan fingerprint density at radius 3 is 2.00 bits per heavy atom. The normalized spacial score (nSPS) is 16.5. The number of unbranched alkanes of at least 4 members (excludes halogenated alkanes) is 5. The van der Waals surface area contributed by atoms with Gasteiger partial charge in [0.25, 0.3) is 0 Å². The Labute approximate surface area is 125 Å². The minimum Gasteiger partial charge on any atom is -0.443 e. The Balaban J connectivity index is 4.36. The molecule has 3 heteroatoms. The molecule has 1 amide bonds. The van der Waals surface area contributed by atoms with Gasteiger partial charge in [-0.15, -0.1) is 0 Å². The molecule has 3 nitrogen and oxygen atoms in total. The molecule has 0 rings (SSSR count). The molecular formula is C17H35NO2. The third-order valence-electron chi connectivity index (χ3n) is 4.73. The number of carbonyl (C=O) groups is 1. The van der Waals surface area contributed by atoms with Gasteiger partial charge in [0.1, 0.15) is 5.60 Å². The van der Waals surface area contributed by atoms with Crippen molar-refractivity contribution < 1.29 is 9.53 Å². The summed E-state index contributed by atoms with van der Waals surface area (Å²) < 4.78 is 5.50. The number of primary amides is 1. The summed E-state index contributed by atoms with van der Waals surface area (Å²) in [6.07, 6.45) is 8.12. The van der Waals surface area contributed by atoms with Crippen LogP contribution in [-0.2, 0) is 4.74 Å². The number of rotatable bonds is 9. The number of hydrogen-bond acceptors (Lipinski definition) is 2. The van der Waals surface area contributed by atoms with Crippen LogP contribution in [-0.4, -0.2) is 11.7 Å². The SMILES string of the molecule is CCCCCCCCC(C)C(C)(OC(N)=O)C(C)(C)C. The van der Waals surface area contributed by atoms with E-state index in [1.807, 2.05) is 6.92 Å². The van der Waals surface area contributed by atoms with Gasteiger partial charge in [-0.2, -0.15) is 0 Å². The zero-order valence-electron chi connectivity index (χ0n) is 14.4. The van der Waals surface area contributed by atoms with E-state index < -0.39 is 11.7 Å². The Kier molecular flexibility index (Phi) is 8.22. The minimum absolute atomic E-state index is 0.121. The number of nitrogens with two attached hydrogens (primary N) is 1. The van der Waals surface area contributed by atoms with E-state index in [4.69, 9.17) is 10.5 Å². The maximum atomic E-state index is 11.2. The van der Waals surface area contributed by atoms with Crippen LogP contribution in [0.5, 0.6) is 0 Å². The fraction of sp³-hybridized carbons (Fsp3) is 0.941. The van der Waals surface area contributed by atoms with Crippen LogP contribution in [0.2, 0.25) is 0 Å². The molecule has 20 heavy (non-hydrogen) atoms. The van der Waals surface area contributed by atoms with E-state index in [1.165, 1.54) is 38.5 Å². The van der Waals surface area contributed by atoms with E-state index >= 15 is 0 Å². The Morgan fingerprint density at radius 2 is 1.55 bits per heavy atom. The molecule has 0 aromatic rings. The van der Waals surface area contributed by atoms with Crippen molar-refractivity contribution in [1.29, 1.82) is 0 Å². The largest absolute Gasteiger partial charge is 0.443 e. The topological polar surface area (TPSA) is 52.3 Å². The summed E-state index contributed by atoms with van der Waals surface area (Å²) in [6, 6.07) is 0. The lowest BCUT2D eigenvalue weighted by Gasteiger charge is -2.45. The Bertz CT molecular complexity index is 283. The summed E-state index contributed by atoms with van der Waals surface area (Å²) in [5, 5.41) is 0. The second-order valence-electron chi connectivity index (χ2n) is 7.24. The lowest BCUT2D eigenvalue weighted by Crippen LogP contribution is -2.50. The number of carbonyl (C=O) groups excluding carboxylic acids is 1. The monoisotopic (exact) mass is 285 g/mol. The van der Waals surface area contributed by atoms with Gasteiger partial charge in [0.2, 0.25) is 0 Å². The molecule has 0 saturated heterocycles. The average Bonchev–Trinajstić information content (AvgIpc) is 2.30. The summed E-state index contributed by atoms with van der Waals surface area (Å²) in [5.41, 5.74) is 4.63. The van der Waals surface area contributed by atoms with Crippen LogP contribution in [0.4, 0.5) is 4.79 Å². The first kappa shape index (κ1) is 19.3. The van der Waals surface area contributed by atoms with Crippen molar-refractivity contribution in [2.75, 3.05) is 0 Å².